The van der Waals surface area contributed by atoms with Crippen molar-refractivity contribution in [2.75, 3.05) is 4.90 Å². The molecule has 0 amide bonds. The molecular formula is C29H25FN4O3. The monoisotopic (exact) mass is 496 g/mol. The third-order valence-corrected chi connectivity index (χ3v) is 6.92. The van der Waals surface area contributed by atoms with Crippen LogP contribution < -0.4 is 4.90 Å². The average molecular weight is 497 g/mol. The van der Waals surface area contributed by atoms with Crippen LogP contribution in [0.2, 0.25) is 0 Å². The highest BCUT2D eigenvalue weighted by atomic mass is 19.1. The number of Topliss-reactive ketones (excluding diaryl/α,β-unsaturated/α-hetero) is 1. The van der Waals surface area contributed by atoms with E-state index < -0.39 is 22.1 Å². The molecule has 0 saturated carbocycles. The molecule has 1 aliphatic heterocycles. The number of halogens is 1. The summed E-state index contributed by atoms with van der Waals surface area (Å²) >= 11 is 0. The van der Waals surface area contributed by atoms with Gasteiger partial charge < -0.3 is 4.57 Å². The Balaban J connectivity index is 1.92. The summed E-state index contributed by atoms with van der Waals surface area (Å²) in [6, 6.07) is 16.7. The number of hydrogen-bond donors (Lipinski definition) is 0. The second-order valence-electron chi connectivity index (χ2n) is 10.3. The summed E-state index contributed by atoms with van der Waals surface area (Å²) in [5, 5.41) is 22.7. The maximum absolute atomic E-state index is 14.4. The zero-order valence-electron chi connectivity index (χ0n) is 20.7. The van der Waals surface area contributed by atoms with Gasteiger partial charge in [0.2, 0.25) is 0 Å². The van der Waals surface area contributed by atoms with Crippen LogP contribution in [0.1, 0.15) is 43.7 Å². The van der Waals surface area contributed by atoms with E-state index in [1.165, 1.54) is 18.2 Å². The van der Waals surface area contributed by atoms with Gasteiger partial charge in [0.05, 0.1) is 22.5 Å². The molecule has 2 heterocycles. The third-order valence-electron chi connectivity index (χ3n) is 6.92. The van der Waals surface area contributed by atoms with E-state index in [2.05, 4.69) is 6.07 Å². The van der Waals surface area contributed by atoms with E-state index in [-0.39, 0.29) is 29.2 Å². The Kier molecular flexibility index (Phi) is 5.79. The fourth-order valence-electron chi connectivity index (χ4n) is 5.44. The Morgan fingerprint density at radius 1 is 1.11 bits per heavy atom. The Hall–Kier alpha value is -4.51. The van der Waals surface area contributed by atoms with Crippen LogP contribution >= 0.6 is 0 Å². The number of rotatable bonds is 4. The highest BCUT2D eigenvalue weighted by molar-refractivity contribution is 6.04. The van der Waals surface area contributed by atoms with Crippen molar-refractivity contribution in [3.05, 3.63) is 111 Å². The molecule has 37 heavy (non-hydrogen) atoms. The molecule has 0 N–H and O–H groups in total. The Bertz CT molecular complexity index is 1540. The van der Waals surface area contributed by atoms with Gasteiger partial charge in [-0.25, -0.2) is 4.39 Å². The molecule has 2 aromatic carbocycles. The predicted octanol–water partition coefficient (Wildman–Crippen LogP) is 6.48. The number of hydrogen-bond acceptors (Lipinski definition) is 5. The molecule has 0 unspecified atom stereocenters. The number of anilines is 1. The van der Waals surface area contributed by atoms with Crippen molar-refractivity contribution in [1.82, 2.24) is 4.57 Å². The van der Waals surface area contributed by atoms with E-state index in [1.807, 2.05) is 13.8 Å². The number of allylic oxidation sites excluding steroid dienone is 3. The van der Waals surface area contributed by atoms with E-state index >= 15 is 0 Å². The van der Waals surface area contributed by atoms with Gasteiger partial charge in [0.15, 0.2) is 5.78 Å². The lowest BCUT2D eigenvalue weighted by Crippen LogP contribution is -2.40. The second-order valence-corrected chi connectivity index (χ2v) is 10.3. The van der Waals surface area contributed by atoms with Crippen molar-refractivity contribution < 1.29 is 14.1 Å². The molecule has 1 aliphatic carbocycles. The molecule has 1 aromatic heterocycles. The number of nitriles is 1. The van der Waals surface area contributed by atoms with Crippen LogP contribution in [0, 0.1) is 39.6 Å². The minimum atomic E-state index is -0.808. The minimum absolute atomic E-state index is 0.131. The van der Waals surface area contributed by atoms with Gasteiger partial charge in [-0.1, -0.05) is 32.0 Å². The first-order chi connectivity index (χ1) is 17.6. The molecule has 7 nitrogen and oxygen atoms in total. The first-order valence-corrected chi connectivity index (χ1v) is 12.0. The van der Waals surface area contributed by atoms with Crippen molar-refractivity contribution in [2.45, 2.75) is 39.5 Å². The Labute approximate surface area is 213 Å². The zero-order chi connectivity index (χ0) is 26.5. The van der Waals surface area contributed by atoms with E-state index in [0.29, 0.717) is 34.6 Å². The van der Waals surface area contributed by atoms with Gasteiger partial charge in [0.25, 0.3) is 5.69 Å². The number of nitro benzene ring substituents is 1. The van der Waals surface area contributed by atoms with E-state index in [4.69, 9.17) is 0 Å². The summed E-state index contributed by atoms with van der Waals surface area (Å²) in [6.07, 6.45) is 4.20. The first kappa shape index (κ1) is 24.2. The molecule has 2 aliphatic rings. The summed E-state index contributed by atoms with van der Waals surface area (Å²) < 4.78 is 16.1. The zero-order valence-corrected chi connectivity index (χ0v) is 20.7. The van der Waals surface area contributed by atoms with E-state index in [1.54, 1.807) is 65.2 Å². The molecule has 0 radical (unpaired) electrons. The van der Waals surface area contributed by atoms with Gasteiger partial charge in [0.1, 0.15) is 17.3 Å². The lowest BCUT2D eigenvalue weighted by Gasteiger charge is -2.44. The van der Waals surface area contributed by atoms with Crippen molar-refractivity contribution in [3.8, 4) is 6.07 Å². The van der Waals surface area contributed by atoms with E-state index in [9.17, 15) is 24.6 Å². The molecule has 1 atom stereocenters. The summed E-state index contributed by atoms with van der Waals surface area (Å²) in [5.74, 6) is -1.05. The van der Waals surface area contributed by atoms with Crippen LogP contribution in [0.3, 0.4) is 0 Å². The molecule has 0 bridgehead atoms. The molecule has 8 heteroatoms. The summed E-state index contributed by atoms with van der Waals surface area (Å²) in [6.45, 7) is 5.73. The highest BCUT2D eigenvalue weighted by Crippen LogP contribution is 2.53. The first-order valence-electron chi connectivity index (χ1n) is 12.0. The molecule has 5 rings (SSSR count). The molecule has 0 fully saturated rings. The molecular weight excluding hydrogens is 471 g/mol. The second kappa shape index (κ2) is 8.86. The lowest BCUT2D eigenvalue weighted by molar-refractivity contribution is -0.384. The Morgan fingerprint density at radius 3 is 2.49 bits per heavy atom. The van der Waals surface area contributed by atoms with Gasteiger partial charge in [-0.15, -0.1) is 0 Å². The number of benzene rings is 2. The quantitative estimate of drug-likeness (QED) is 0.304. The van der Waals surface area contributed by atoms with Crippen molar-refractivity contribution >= 4 is 23.0 Å². The average Bonchev–Trinajstić information content (AvgIpc) is 3.36. The van der Waals surface area contributed by atoms with Crippen molar-refractivity contribution in [3.63, 3.8) is 0 Å². The normalized spacial score (nSPS) is 19.1. The van der Waals surface area contributed by atoms with Crippen LogP contribution in [-0.4, -0.2) is 15.3 Å². The van der Waals surface area contributed by atoms with Crippen LogP contribution in [-0.2, 0) is 4.79 Å². The highest BCUT2D eigenvalue weighted by Gasteiger charge is 2.46. The van der Waals surface area contributed by atoms with Crippen LogP contribution in [0.25, 0.3) is 5.82 Å². The van der Waals surface area contributed by atoms with Gasteiger partial charge >= 0.3 is 0 Å². The summed E-state index contributed by atoms with van der Waals surface area (Å²) in [4.78, 5) is 27.2. The lowest BCUT2D eigenvalue weighted by atomic mass is 9.68. The number of carbonyl (C=O) groups excluding carboxylic acids is 1. The number of aromatic nitrogens is 1. The number of carbonyl (C=O) groups is 1. The predicted molar refractivity (Wildman–Crippen MR) is 138 cm³/mol. The molecule has 3 aromatic rings. The number of aryl methyl sites for hydroxylation is 1. The van der Waals surface area contributed by atoms with Gasteiger partial charge in [-0.3, -0.25) is 19.8 Å². The van der Waals surface area contributed by atoms with Crippen LogP contribution in [0.15, 0.2) is 83.8 Å². The number of nitro groups is 1. The maximum Gasteiger partial charge on any atom is 0.293 e. The molecule has 186 valence electrons. The SMILES string of the molecule is Cc1ccc(N2C3=C(C(=O)CC(C)(C)C3)[C@@H](c3cccc(F)c3)C(C#N)=C2n2cccc2)c([N+](=O)[O-])c1. The van der Waals surface area contributed by atoms with Gasteiger partial charge in [0, 0.05) is 36.2 Å². The van der Waals surface area contributed by atoms with Gasteiger partial charge in [-0.2, -0.15) is 5.26 Å². The standard InChI is InChI=1S/C29H25FN4O3/c1-18-9-10-22(23(13-18)34(36)37)33-24-15-29(2,3)16-25(35)27(24)26(19-7-6-8-20(30)14-19)21(17-31)28(33)32-11-4-5-12-32/h4-14,26H,15-16H2,1-3H3/t26-/m0/s1. The third kappa shape index (κ3) is 4.12. The summed E-state index contributed by atoms with van der Waals surface area (Å²) in [7, 11) is 0. The largest absolute Gasteiger partial charge is 0.309 e. The van der Waals surface area contributed by atoms with Crippen molar-refractivity contribution in [1.29, 1.82) is 5.26 Å². The van der Waals surface area contributed by atoms with E-state index in [0.717, 1.165) is 0 Å². The molecule has 0 spiro atoms. The van der Waals surface area contributed by atoms with Crippen molar-refractivity contribution in [2.24, 2.45) is 5.41 Å². The minimum Gasteiger partial charge on any atom is -0.309 e. The smallest absolute Gasteiger partial charge is 0.293 e. The number of nitrogens with zero attached hydrogens (tertiary/aromatic N) is 4. The van der Waals surface area contributed by atoms with Crippen LogP contribution in [0.5, 0.6) is 0 Å². The fraction of sp³-hybridized carbons (Fsp3) is 0.241. The fourth-order valence-corrected chi connectivity index (χ4v) is 5.44. The van der Waals surface area contributed by atoms with Gasteiger partial charge in [-0.05, 0) is 60.2 Å². The molecule has 0 saturated heterocycles. The topological polar surface area (TPSA) is 92.2 Å². The Morgan fingerprint density at radius 2 is 1.84 bits per heavy atom. The summed E-state index contributed by atoms with van der Waals surface area (Å²) in [5.41, 5.74) is 2.09. The maximum atomic E-state index is 14.4. The number of ketones is 1. The van der Waals surface area contributed by atoms with Crippen LogP contribution in [0.4, 0.5) is 15.8 Å².